The van der Waals surface area contributed by atoms with Gasteiger partial charge in [0.05, 0.1) is 31.3 Å². The predicted molar refractivity (Wildman–Crippen MR) is 127 cm³/mol. The van der Waals surface area contributed by atoms with Crippen LogP contribution in [0.4, 0.5) is 0 Å². The van der Waals surface area contributed by atoms with E-state index in [2.05, 4.69) is 32.7 Å². The number of amides is 1. The van der Waals surface area contributed by atoms with Crippen LogP contribution < -0.4 is 5.32 Å². The zero-order chi connectivity index (χ0) is 22.5. The van der Waals surface area contributed by atoms with Crippen LogP contribution in [0, 0.1) is 0 Å². The van der Waals surface area contributed by atoms with Gasteiger partial charge in [-0.2, -0.15) is 0 Å². The fourth-order valence-corrected chi connectivity index (χ4v) is 4.17. The summed E-state index contributed by atoms with van der Waals surface area (Å²) in [6.07, 6.45) is 0. The zero-order valence-electron chi connectivity index (χ0n) is 18.4. The number of para-hydroxylation sites is 1. The van der Waals surface area contributed by atoms with Crippen molar-refractivity contribution < 1.29 is 9.53 Å². The summed E-state index contributed by atoms with van der Waals surface area (Å²) in [6.45, 7) is 4.59. The summed E-state index contributed by atoms with van der Waals surface area (Å²) in [7, 11) is 0. The molecule has 4 aromatic rings. The fraction of sp³-hybridized carbons (Fsp3) is 0.269. The van der Waals surface area contributed by atoms with E-state index >= 15 is 0 Å². The summed E-state index contributed by atoms with van der Waals surface area (Å²) in [4.78, 5) is 15.4. The molecule has 5 rings (SSSR count). The molecule has 0 spiro atoms. The van der Waals surface area contributed by atoms with Gasteiger partial charge < -0.3 is 10.1 Å². The van der Waals surface area contributed by atoms with Gasteiger partial charge in [-0.05, 0) is 35.4 Å². The van der Waals surface area contributed by atoms with Gasteiger partial charge in [0, 0.05) is 25.2 Å². The molecule has 1 atom stereocenters. The highest BCUT2D eigenvalue weighted by atomic mass is 16.5. The van der Waals surface area contributed by atoms with Crippen molar-refractivity contribution in [2.75, 3.05) is 32.8 Å². The van der Waals surface area contributed by atoms with Crippen molar-refractivity contribution in [3.8, 4) is 0 Å². The van der Waals surface area contributed by atoms with Crippen molar-refractivity contribution in [3.05, 3.63) is 95.6 Å². The third-order valence-corrected chi connectivity index (χ3v) is 6.02. The first kappa shape index (κ1) is 21.3. The second kappa shape index (κ2) is 9.94. The molecule has 0 unspecified atom stereocenters. The average molecular weight is 442 g/mol. The van der Waals surface area contributed by atoms with Gasteiger partial charge in [-0.25, -0.2) is 4.68 Å². The lowest BCUT2D eigenvalue weighted by Gasteiger charge is -2.31. The highest BCUT2D eigenvalue weighted by Crippen LogP contribution is 2.17. The second-order valence-corrected chi connectivity index (χ2v) is 8.28. The number of benzene rings is 3. The Morgan fingerprint density at radius 3 is 2.45 bits per heavy atom. The topological polar surface area (TPSA) is 72.3 Å². The number of aromatic nitrogens is 3. The lowest BCUT2D eigenvalue weighted by Crippen LogP contribution is -2.43. The Kier molecular flexibility index (Phi) is 6.41. The molecule has 1 amide bonds. The SMILES string of the molecule is O=C(N[C@H](CN1CCOCC1)c1ccccc1)c1ccc(Cn2nnc3ccccc32)cc1. The maximum absolute atomic E-state index is 13.1. The first-order valence-electron chi connectivity index (χ1n) is 11.3. The van der Waals surface area contributed by atoms with E-state index in [1.54, 1.807) is 0 Å². The summed E-state index contributed by atoms with van der Waals surface area (Å²) >= 11 is 0. The number of carbonyl (C=O) groups excluding carboxylic acids is 1. The van der Waals surface area contributed by atoms with Gasteiger partial charge in [-0.3, -0.25) is 9.69 Å². The molecule has 1 saturated heterocycles. The van der Waals surface area contributed by atoms with Crippen molar-refractivity contribution >= 4 is 16.9 Å². The lowest BCUT2D eigenvalue weighted by molar-refractivity contribution is 0.0332. The standard InChI is InChI=1S/C26H27N5O2/c32-26(27-24(21-6-2-1-3-7-21)19-30-14-16-33-17-15-30)22-12-10-20(11-13-22)18-31-25-9-5-4-8-23(25)28-29-31/h1-13,24H,14-19H2,(H,27,32)/t24-/m1/s1. The van der Waals surface area contributed by atoms with Gasteiger partial charge in [0.1, 0.15) is 5.52 Å². The van der Waals surface area contributed by atoms with Gasteiger partial charge in [0.25, 0.3) is 5.91 Å². The van der Waals surface area contributed by atoms with E-state index in [0.717, 1.165) is 55.0 Å². The molecule has 168 valence electrons. The van der Waals surface area contributed by atoms with Crippen LogP contribution in [0.15, 0.2) is 78.9 Å². The normalized spacial score (nSPS) is 15.4. The Balaban J connectivity index is 1.28. The monoisotopic (exact) mass is 441 g/mol. The Bertz CT molecular complexity index is 1200. The maximum Gasteiger partial charge on any atom is 0.251 e. The fourth-order valence-electron chi connectivity index (χ4n) is 4.17. The van der Waals surface area contributed by atoms with Crippen molar-refractivity contribution in [2.24, 2.45) is 0 Å². The van der Waals surface area contributed by atoms with Crippen LogP contribution in [0.2, 0.25) is 0 Å². The Labute approximate surface area is 193 Å². The van der Waals surface area contributed by atoms with Crippen molar-refractivity contribution in [2.45, 2.75) is 12.6 Å². The molecule has 1 aliphatic heterocycles. The van der Waals surface area contributed by atoms with Crippen molar-refractivity contribution in [1.29, 1.82) is 0 Å². The predicted octanol–water partition coefficient (Wildman–Crippen LogP) is 3.28. The maximum atomic E-state index is 13.1. The minimum absolute atomic E-state index is 0.0742. The molecular formula is C26H27N5O2. The summed E-state index contributed by atoms with van der Waals surface area (Å²) in [5.41, 5.74) is 4.68. The number of carbonyl (C=O) groups is 1. The molecule has 1 fully saturated rings. The molecule has 0 radical (unpaired) electrons. The molecule has 2 heterocycles. The Morgan fingerprint density at radius 2 is 1.67 bits per heavy atom. The van der Waals surface area contributed by atoms with E-state index in [1.165, 1.54) is 0 Å². The molecule has 1 aliphatic rings. The molecule has 33 heavy (non-hydrogen) atoms. The molecule has 1 aromatic heterocycles. The van der Waals surface area contributed by atoms with E-state index < -0.39 is 0 Å². The molecular weight excluding hydrogens is 414 g/mol. The van der Waals surface area contributed by atoms with E-state index in [4.69, 9.17) is 4.74 Å². The molecule has 7 nitrogen and oxygen atoms in total. The van der Waals surface area contributed by atoms with Crippen LogP contribution in [-0.2, 0) is 11.3 Å². The Hall–Kier alpha value is -3.55. The largest absolute Gasteiger partial charge is 0.379 e. The number of ether oxygens (including phenoxy) is 1. The highest BCUT2D eigenvalue weighted by molar-refractivity contribution is 5.94. The number of morpholine rings is 1. The van der Waals surface area contributed by atoms with Gasteiger partial charge in [-0.15, -0.1) is 5.10 Å². The summed E-state index contributed by atoms with van der Waals surface area (Å²) in [5, 5.41) is 11.7. The quantitative estimate of drug-likeness (QED) is 0.477. The molecule has 1 N–H and O–H groups in total. The van der Waals surface area contributed by atoms with Gasteiger partial charge in [0.2, 0.25) is 0 Å². The molecule has 0 bridgehead atoms. The van der Waals surface area contributed by atoms with Crippen molar-refractivity contribution in [1.82, 2.24) is 25.2 Å². The molecule has 7 heteroatoms. The third kappa shape index (κ3) is 5.10. The van der Waals surface area contributed by atoms with E-state index in [0.29, 0.717) is 12.1 Å². The van der Waals surface area contributed by atoms with Gasteiger partial charge >= 0.3 is 0 Å². The van der Waals surface area contributed by atoms with Crippen LogP contribution in [0.3, 0.4) is 0 Å². The minimum Gasteiger partial charge on any atom is -0.379 e. The highest BCUT2D eigenvalue weighted by Gasteiger charge is 2.20. The van der Waals surface area contributed by atoms with Crippen LogP contribution in [0.25, 0.3) is 11.0 Å². The molecule has 0 aliphatic carbocycles. The smallest absolute Gasteiger partial charge is 0.251 e. The van der Waals surface area contributed by atoms with Crippen LogP contribution in [0.5, 0.6) is 0 Å². The number of nitrogens with zero attached hydrogens (tertiary/aromatic N) is 4. The van der Waals surface area contributed by atoms with E-state index in [9.17, 15) is 4.79 Å². The second-order valence-electron chi connectivity index (χ2n) is 8.28. The van der Waals surface area contributed by atoms with Crippen molar-refractivity contribution in [3.63, 3.8) is 0 Å². The van der Waals surface area contributed by atoms with Crippen LogP contribution in [-0.4, -0.2) is 58.6 Å². The molecule has 0 saturated carbocycles. The number of hydrogen-bond donors (Lipinski definition) is 1. The number of nitrogens with one attached hydrogen (secondary N) is 1. The van der Waals surface area contributed by atoms with Crippen LogP contribution >= 0.6 is 0 Å². The summed E-state index contributed by atoms with van der Waals surface area (Å²) in [5.74, 6) is -0.0742. The first-order chi connectivity index (χ1) is 16.3. The first-order valence-corrected chi connectivity index (χ1v) is 11.3. The van der Waals surface area contributed by atoms with Crippen LogP contribution in [0.1, 0.15) is 27.5 Å². The third-order valence-electron chi connectivity index (χ3n) is 6.02. The average Bonchev–Trinajstić information content (AvgIpc) is 3.28. The summed E-state index contributed by atoms with van der Waals surface area (Å²) < 4.78 is 7.34. The molecule has 3 aromatic carbocycles. The van der Waals surface area contributed by atoms with E-state index in [1.807, 2.05) is 71.4 Å². The Morgan fingerprint density at radius 1 is 0.939 bits per heavy atom. The minimum atomic E-state index is -0.0852. The number of hydrogen-bond acceptors (Lipinski definition) is 5. The number of rotatable bonds is 7. The number of fused-ring (bicyclic) bond motifs is 1. The summed E-state index contributed by atoms with van der Waals surface area (Å²) in [6, 6.07) is 25.7. The lowest BCUT2D eigenvalue weighted by atomic mass is 10.0. The van der Waals surface area contributed by atoms with E-state index in [-0.39, 0.29) is 11.9 Å². The van der Waals surface area contributed by atoms with Gasteiger partial charge in [0.15, 0.2) is 0 Å². The van der Waals surface area contributed by atoms with Gasteiger partial charge in [-0.1, -0.05) is 59.8 Å². The zero-order valence-corrected chi connectivity index (χ0v) is 18.4.